The molecule has 0 N–H and O–H groups in total. The Morgan fingerprint density at radius 3 is 2.31 bits per heavy atom. The van der Waals surface area contributed by atoms with Gasteiger partial charge in [0.1, 0.15) is 11.4 Å². The molecule has 0 spiro atoms. The lowest BCUT2D eigenvalue weighted by molar-refractivity contribution is -0.136. The zero-order valence-electron chi connectivity index (χ0n) is 9.08. The van der Waals surface area contributed by atoms with Crippen LogP contribution in [0.4, 0.5) is 0 Å². The second kappa shape index (κ2) is 5.77. The molecule has 1 aromatic rings. The molecule has 5 heteroatoms. The van der Waals surface area contributed by atoms with Gasteiger partial charge in [-0.1, -0.05) is 44.2 Å². The zero-order chi connectivity index (χ0) is 12.1. The van der Waals surface area contributed by atoms with Crippen molar-refractivity contribution in [2.45, 2.75) is 19.8 Å². The topological polar surface area (TPSA) is 66.4 Å². The molecule has 1 rings (SSSR count). The molecule has 0 aliphatic heterocycles. The van der Waals surface area contributed by atoms with Crippen molar-refractivity contribution in [1.29, 1.82) is 0 Å². The Bertz CT molecular complexity index is 375. The van der Waals surface area contributed by atoms with Crippen LogP contribution in [0.1, 0.15) is 25.3 Å². The average molecular weight is 241 g/mol. The summed E-state index contributed by atoms with van der Waals surface area (Å²) in [5.41, 5.74) is 0.757. The number of carbonyl (C=O) groups excluding carboxylic acids is 1. The molecule has 0 radical (unpaired) electrons. The highest BCUT2D eigenvalue weighted by Crippen LogP contribution is 2.25. The standard InChI is InChI=1S/C11H14O4S/c1-8(2)10(11(12)15-16(13)14)9-6-4-3-5-7-9/h3-8,10H,1-2H3,(H,13,14)/p-1. The van der Waals surface area contributed by atoms with Gasteiger partial charge in [-0.25, -0.2) is 4.21 Å². The largest absolute Gasteiger partial charge is 0.740 e. The smallest absolute Gasteiger partial charge is 0.326 e. The third-order valence-electron chi connectivity index (χ3n) is 2.23. The summed E-state index contributed by atoms with van der Waals surface area (Å²) < 4.78 is 24.9. The first-order chi connectivity index (χ1) is 7.52. The van der Waals surface area contributed by atoms with Crippen LogP contribution in [0, 0.1) is 5.92 Å². The van der Waals surface area contributed by atoms with Crippen LogP contribution in [0.2, 0.25) is 0 Å². The van der Waals surface area contributed by atoms with E-state index < -0.39 is 23.2 Å². The molecular weight excluding hydrogens is 228 g/mol. The van der Waals surface area contributed by atoms with Gasteiger partial charge in [0, 0.05) is 0 Å². The van der Waals surface area contributed by atoms with Gasteiger partial charge >= 0.3 is 5.97 Å². The van der Waals surface area contributed by atoms with Crippen molar-refractivity contribution < 1.29 is 17.7 Å². The lowest BCUT2D eigenvalue weighted by atomic mass is 9.89. The highest BCUT2D eigenvalue weighted by molar-refractivity contribution is 7.74. The van der Waals surface area contributed by atoms with Gasteiger partial charge in [-0.3, -0.25) is 4.79 Å². The number of carbonyl (C=O) groups is 1. The van der Waals surface area contributed by atoms with Gasteiger partial charge in [-0.15, -0.1) is 0 Å². The maximum Gasteiger partial charge on any atom is 0.326 e. The van der Waals surface area contributed by atoms with Gasteiger partial charge < -0.3 is 8.74 Å². The second-order valence-electron chi connectivity index (χ2n) is 3.74. The Balaban J connectivity index is 2.92. The van der Waals surface area contributed by atoms with Gasteiger partial charge in [0.2, 0.25) is 0 Å². The Labute approximate surface area is 97.1 Å². The summed E-state index contributed by atoms with van der Waals surface area (Å²) in [5, 5.41) is 0. The van der Waals surface area contributed by atoms with E-state index in [4.69, 9.17) is 0 Å². The quantitative estimate of drug-likeness (QED) is 0.753. The van der Waals surface area contributed by atoms with E-state index in [0.29, 0.717) is 0 Å². The lowest BCUT2D eigenvalue weighted by Crippen LogP contribution is -2.21. The van der Waals surface area contributed by atoms with E-state index >= 15 is 0 Å². The van der Waals surface area contributed by atoms with Crippen molar-refractivity contribution in [2.24, 2.45) is 5.92 Å². The normalized spacial score (nSPS) is 14.5. The molecular formula is C11H13O4S-. The molecule has 2 unspecified atom stereocenters. The van der Waals surface area contributed by atoms with E-state index in [2.05, 4.69) is 4.18 Å². The van der Waals surface area contributed by atoms with E-state index in [1.807, 2.05) is 19.9 Å². The number of rotatable bonds is 4. The number of hydrogen-bond acceptors (Lipinski definition) is 4. The summed E-state index contributed by atoms with van der Waals surface area (Å²) in [6, 6.07) is 8.98. The monoisotopic (exact) mass is 241 g/mol. The zero-order valence-corrected chi connectivity index (χ0v) is 9.90. The first-order valence-corrected chi connectivity index (χ1v) is 5.88. The minimum Gasteiger partial charge on any atom is -0.740 e. The fraction of sp³-hybridized carbons (Fsp3) is 0.364. The molecule has 0 saturated carbocycles. The fourth-order valence-electron chi connectivity index (χ4n) is 1.57. The van der Waals surface area contributed by atoms with Gasteiger partial charge in [0.05, 0.1) is 5.92 Å². The molecule has 4 nitrogen and oxygen atoms in total. The van der Waals surface area contributed by atoms with Crippen LogP contribution >= 0.6 is 0 Å². The van der Waals surface area contributed by atoms with Crippen molar-refractivity contribution in [3.63, 3.8) is 0 Å². The van der Waals surface area contributed by atoms with E-state index in [9.17, 15) is 13.6 Å². The molecule has 0 bridgehead atoms. The van der Waals surface area contributed by atoms with Gasteiger partial charge in [-0.05, 0) is 11.5 Å². The summed E-state index contributed by atoms with van der Waals surface area (Å²) in [4.78, 5) is 11.6. The third kappa shape index (κ3) is 3.43. The summed E-state index contributed by atoms with van der Waals surface area (Å²) >= 11 is -2.81. The number of hydrogen-bond donors (Lipinski definition) is 0. The van der Waals surface area contributed by atoms with Crippen LogP contribution in [-0.4, -0.2) is 14.7 Å². The Hall–Kier alpha value is -1.20. The van der Waals surface area contributed by atoms with Gasteiger partial charge in [0.25, 0.3) is 0 Å². The minimum atomic E-state index is -2.81. The average Bonchev–Trinajstić information content (AvgIpc) is 2.17. The van der Waals surface area contributed by atoms with Gasteiger partial charge in [0.15, 0.2) is 0 Å². The van der Waals surface area contributed by atoms with Crippen LogP contribution in [0.5, 0.6) is 0 Å². The third-order valence-corrected chi connectivity index (χ3v) is 2.53. The first kappa shape index (κ1) is 12.9. The van der Waals surface area contributed by atoms with Crippen molar-refractivity contribution in [3.8, 4) is 0 Å². The number of benzene rings is 1. The van der Waals surface area contributed by atoms with E-state index in [1.54, 1.807) is 24.3 Å². The van der Waals surface area contributed by atoms with E-state index in [-0.39, 0.29) is 5.92 Å². The molecule has 2 atom stereocenters. The Morgan fingerprint density at radius 2 is 1.88 bits per heavy atom. The summed E-state index contributed by atoms with van der Waals surface area (Å²) in [6.45, 7) is 3.68. The molecule has 0 aromatic heterocycles. The van der Waals surface area contributed by atoms with Gasteiger partial charge in [-0.2, -0.15) is 0 Å². The van der Waals surface area contributed by atoms with Crippen LogP contribution < -0.4 is 0 Å². The predicted molar refractivity (Wildman–Crippen MR) is 59.0 cm³/mol. The first-order valence-electron chi connectivity index (χ1n) is 4.88. The second-order valence-corrected chi connectivity index (χ2v) is 4.31. The van der Waals surface area contributed by atoms with Crippen molar-refractivity contribution in [1.82, 2.24) is 0 Å². The Kier molecular flexibility index (Phi) is 4.64. The predicted octanol–water partition coefficient (Wildman–Crippen LogP) is 1.76. The van der Waals surface area contributed by atoms with Crippen LogP contribution in [0.25, 0.3) is 0 Å². The molecule has 0 heterocycles. The molecule has 0 saturated heterocycles. The molecule has 0 fully saturated rings. The SMILES string of the molecule is CC(C)C(C(=O)OS(=O)[O-])c1ccccc1. The Morgan fingerprint density at radius 1 is 1.31 bits per heavy atom. The van der Waals surface area contributed by atoms with Crippen molar-refractivity contribution >= 4 is 17.3 Å². The fourth-order valence-corrected chi connectivity index (χ4v) is 1.81. The van der Waals surface area contributed by atoms with Crippen LogP contribution in [0.3, 0.4) is 0 Å². The highest BCUT2D eigenvalue weighted by atomic mass is 32.2. The molecule has 0 amide bonds. The summed E-state index contributed by atoms with van der Waals surface area (Å²) in [7, 11) is 0. The summed E-state index contributed by atoms with van der Waals surface area (Å²) in [6.07, 6.45) is 0. The van der Waals surface area contributed by atoms with E-state index in [1.165, 1.54) is 0 Å². The van der Waals surface area contributed by atoms with Crippen molar-refractivity contribution in [2.75, 3.05) is 0 Å². The molecule has 88 valence electrons. The minimum absolute atomic E-state index is 0.0292. The van der Waals surface area contributed by atoms with Crippen molar-refractivity contribution in [3.05, 3.63) is 35.9 Å². The molecule has 16 heavy (non-hydrogen) atoms. The summed E-state index contributed by atoms with van der Waals surface area (Å²) in [5.74, 6) is -1.33. The molecule has 0 aliphatic rings. The molecule has 1 aromatic carbocycles. The molecule has 0 aliphatic carbocycles. The van der Waals surface area contributed by atoms with Crippen LogP contribution in [-0.2, 0) is 20.3 Å². The maximum atomic E-state index is 11.6. The van der Waals surface area contributed by atoms with Crippen LogP contribution in [0.15, 0.2) is 30.3 Å². The maximum absolute atomic E-state index is 11.6. The highest BCUT2D eigenvalue weighted by Gasteiger charge is 2.25. The lowest BCUT2D eigenvalue weighted by Gasteiger charge is -2.19. The van der Waals surface area contributed by atoms with E-state index in [0.717, 1.165) is 5.56 Å².